The number of carbonyl (C=O) groups is 2. The number of carbonyl (C=O) groups excluding carboxylic acids is 2. The van der Waals surface area contributed by atoms with Gasteiger partial charge in [-0.2, -0.15) is 0 Å². The van der Waals surface area contributed by atoms with Crippen molar-refractivity contribution in [1.29, 1.82) is 0 Å². The van der Waals surface area contributed by atoms with Gasteiger partial charge in [0.05, 0.1) is 18.1 Å². The quantitative estimate of drug-likeness (QED) is 0.522. The maximum atomic E-state index is 13.2. The van der Waals surface area contributed by atoms with E-state index in [0.29, 0.717) is 24.8 Å². The fourth-order valence-corrected chi connectivity index (χ4v) is 3.78. The monoisotopic (exact) mass is 396 g/mol. The van der Waals surface area contributed by atoms with Gasteiger partial charge in [-0.15, -0.1) is 0 Å². The first-order valence-corrected chi connectivity index (χ1v) is 10.3. The molecule has 0 aromatic carbocycles. The first kappa shape index (κ1) is 24.7. The van der Waals surface area contributed by atoms with E-state index in [4.69, 9.17) is 9.47 Å². The van der Waals surface area contributed by atoms with Crippen molar-refractivity contribution in [2.75, 3.05) is 6.61 Å². The molecule has 0 amide bonds. The molecule has 0 aliphatic heterocycles. The first-order valence-electron chi connectivity index (χ1n) is 10.3. The summed E-state index contributed by atoms with van der Waals surface area (Å²) in [5.74, 6) is -0.589. The summed E-state index contributed by atoms with van der Waals surface area (Å²) in [4.78, 5) is 24.7. The molecule has 0 radical (unpaired) electrons. The summed E-state index contributed by atoms with van der Waals surface area (Å²) < 4.78 is 11.0. The molecule has 28 heavy (non-hydrogen) atoms. The van der Waals surface area contributed by atoms with E-state index in [1.54, 1.807) is 6.92 Å². The van der Waals surface area contributed by atoms with Crippen LogP contribution in [0.1, 0.15) is 81.1 Å². The van der Waals surface area contributed by atoms with Gasteiger partial charge in [0.2, 0.25) is 0 Å². The molecule has 5 nitrogen and oxygen atoms in total. The van der Waals surface area contributed by atoms with Crippen LogP contribution in [0.15, 0.2) is 12.2 Å². The van der Waals surface area contributed by atoms with Crippen LogP contribution in [0.4, 0.5) is 0 Å². The van der Waals surface area contributed by atoms with Crippen LogP contribution < -0.4 is 0 Å². The molecule has 1 aliphatic rings. The molecule has 0 aromatic rings. The molecule has 1 aliphatic carbocycles. The van der Waals surface area contributed by atoms with E-state index in [-0.39, 0.29) is 29.3 Å². The Morgan fingerprint density at radius 1 is 1.07 bits per heavy atom. The van der Waals surface area contributed by atoms with Crippen molar-refractivity contribution in [3.05, 3.63) is 12.2 Å². The van der Waals surface area contributed by atoms with Crippen LogP contribution in [0.5, 0.6) is 0 Å². The Morgan fingerprint density at radius 3 is 2.07 bits per heavy atom. The van der Waals surface area contributed by atoms with E-state index >= 15 is 0 Å². The molecule has 1 fully saturated rings. The van der Waals surface area contributed by atoms with Gasteiger partial charge in [0, 0.05) is 5.57 Å². The minimum absolute atomic E-state index is 0.0233. The molecule has 0 bridgehead atoms. The van der Waals surface area contributed by atoms with Crippen molar-refractivity contribution in [3.63, 3.8) is 0 Å². The van der Waals surface area contributed by atoms with Crippen LogP contribution in [0.3, 0.4) is 0 Å². The number of esters is 2. The summed E-state index contributed by atoms with van der Waals surface area (Å²) in [6.07, 6.45) is 1.20. The SMILES string of the molecule is C=C(C)C(=O)OCC1CCC(OC(=O)C(C)(CC(C)(C)C)C(C)(C)C)C(O)C1. The second-order valence-electron chi connectivity index (χ2n) is 10.9. The number of hydrogen-bond donors (Lipinski definition) is 1. The molecule has 5 heteroatoms. The van der Waals surface area contributed by atoms with Crippen molar-refractivity contribution in [2.45, 2.75) is 93.3 Å². The lowest BCUT2D eigenvalue weighted by atomic mass is 9.61. The molecular weight excluding hydrogens is 356 g/mol. The number of aliphatic hydroxyl groups is 1. The van der Waals surface area contributed by atoms with E-state index in [0.717, 1.165) is 6.42 Å². The molecule has 0 aromatic heterocycles. The maximum Gasteiger partial charge on any atom is 0.333 e. The minimum atomic E-state index is -0.745. The summed E-state index contributed by atoms with van der Waals surface area (Å²) in [5, 5.41) is 10.5. The molecule has 1 rings (SSSR count). The number of aliphatic hydroxyl groups excluding tert-OH is 1. The van der Waals surface area contributed by atoms with E-state index in [2.05, 4.69) is 48.1 Å². The zero-order valence-corrected chi connectivity index (χ0v) is 19.1. The fourth-order valence-electron chi connectivity index (χ4n) is 3.78. The molecule has 0 heterocycles. The van der Waals surface area contributed by atoms with Crippen molar-refractivity contribution in [3.8, 4) is 0 Å². The Balaban J connectivity index is 2.74. The predicted molar refractivity (Wildman–Crippen MR) is 111 cm³/mol. The Labute approximate surface area is 170 Å². The molecule has 4 unspecified atom stereocenters. The van der Waals surface area contributed by atoms with Gasteiger partial charge in [-0.25, -0.2) is 4.79 Å². The van der Waals surface area contributed by atoms with Gasteiger partial charge in [-0.05, 0) is 56.3 Å². The number of rotatable bonds is 6. The van der Waals surface area contributed by atoms with Crippen LogP contribution in [-0.4, -0.2) is 35.9 Å². The Morgan fingerprint density at radius 2 is 1.64 bits per heavy atom. The molecule has 4 atom stereocenters. The van der Waals surface area contributed by atoms with E-state index in [9.17, 15) is 14.7 Å². The van der Waals surface area contributed by atoms with Crippen LogP contribution in [0.2, 0.25) is 0 Å². The lowest BCUT2D eigenvalue weighted by Crippen LogP contribution is -2.48. The summed E-state index contributed by atoms with van der Waals surface area (Å²) >= 11 is 0. The maximum absolute atomic E-state index is 13.2. The van der Waals surface area contributed by atoms with E-state index in [1.807, 2.05) is 6.92 Å². The van der Waals surface area contributed by atoms with Crippen LogP contribution in [0, 0.1) is 22.2 Å². The third-order valence-corrected chi connectivity index (χ3v) is 5.91. The number of hydrogen-bond acceptors (Lipinski definition) is 5. The highest BCUT2D eigenvalue weighted by molar-refractivity contribution is 5.86. The second kappa shape index (κ2) is 8.98. The fraction of sp³-hybridized carbons (Fsp3) is 0.826. The van der Waals surface area contributed by atoms with Gasteiger partial charge < -0.3 is 14.6 Å². The third kappa shape index (κ3) is 6.61. The van der Waals surface area contributed by atoms with Crippen LogP contribution in [-0.2, 0) is 19.1 Å². The van der Waals surface area contributed by atoms with Gasteiger partial charge in [0.25, 0.3) is 0 Å². The first-order chi connectivity index (χ1) is 12.6. The van der Waals surface area contributed by atoms with Gasteiger partial charge >= 0.3 is 11.9 Å². The average Bonchev–Trinajstić information content (AvgIpc) is 2.51. The Hall–Kier alpha value is -1.36. The Kier molecular flexibility index (Phi) is 7.91. The van der Waals surface area contributed by atoms with Gasteiger partial charge in [-0.1, -0.05) is 48.1 Å². The predicted octanol–water partition coefficient (Wildman–Crippen LogP) is 4.67. The highest BCUT2D eigenvalue weighted by Gasteiger charge is 2.49. The van der Waals surface area contributed by atoms with Crippen molar-refractivity contribution in [2.24, 2.45) is 22.2 Å². The topological polar surface area (TPSA) is 72.8 Å². The summed E-state index contributed by atoms with van der Waals surface area (Å²) in [5.41, 5.74) is -0.581. The highest BCUT2D eigenvalue weighted by atomic mass is 16.6. The normalized spacial score (nSPS) is 25.5. The van der Waals surface area contributed by atoms with Gasteiger partial charge in [-0.3, -0.25) is 4.79 Å². The third-order valence-electron chi connectivity index (χ3n) is 5.91. The lowest BCUT2D eigenvalue weighted by molar-refractivity contribution is -0.180. The molecule has 0 saturated heterocycles. The zero-order chi connectivity index (χ0) is 21.9. The Bertz CT molecular complexity index is 581. The molecular formula is C23H40O5. The standard InChI is InChI=1S/C23H40O5/c1-15(2)19(25)27-13-16-10-11-18(17(24)12-16)28-20(26)23(9,22(6,7)8)14-21(3,4)5/h16-18,24H,1,10-14H2,2-9H3. The minimum Gasteiger partial charge on any atom is -0.462 e. The summed E-state index contributed by atoms with van der Waals surface area (Å²) in [6.45, 7) is 19.9. The zero-order valence-electron chi connectivity index (χ0n) is 19.1. The summed E-state index contributed by atoms with van der Waals surface area (Å²) in [7, 11) is 0. The van der Waals surface area contributed by atoms with Gasteiger partial charge in [0.15, 0.2) is 0 Å². The van der Waals surface area contributed by atoms with E-state index < -0.39 is 23.6 Å². The summed E-state index contributed by atoms with van der Waals surface area (Å²) in [6, 6.07) is 0. The average molecular weight is 397 g/mol. The number of ether oxygens (including phenoxy) is 2. The van der Waals surface area contributed by atoms with Crippen molar-refractivity contribution >= 4 is 11.9 Å². The molecule has 1 N–H and O–H groups in total. The van der Waals surface area contributed by atoms with Crippen molar-refractivity contribution < 1.29 is 24.2 Å². The second-order valence-corrected chi connectivity index (χ2v) is 10.9. The lowest BCUT2D eigenvalue weighted by Gasteiger charge is -2.44. The molecule has 1 saturated carbocycles. The van der Waals surface area contributed by atoms with E-state index in [1.165, 1.54) is 0 Å². The largest absolute Gasteiger partial charge is 0.462 e. The van der Waals surface area contributed by atoms with Gasteiger partial charge in [0.1, 0.15) is 6.10 Å². The van der Waals surface area contributed by atoms with Crippen LogP contribution >= 0.6 is 0 Å². The molecule has 162 valence electrons. The van der Waals surface area contributed by atoms with Crippen molar-refractivity contribution in [1.82, 2.24) is 0 Å². The van der Waals surface area contributed by atoms with Crippen LogP contribution in [0.25, 0.3) is 0 Å². The highest BCUT2D eigenvalue weighted by Crippen LogP contribution is 2.48. The molecule has 0 spiro atoms. The smallest absolute Gasteiger partial charge is 0.333 e.